The van der Waals surface area contributed by atoms with Gasteiger partial charge in [-0.15, -0.1) is 0 Å². The van der Waals surface area contributed by atoms with Gasteiger partial charge in [0.2, 0.25) is 5.88 Å². The monoisotopic (exact) mass is 247 g/mol. The summed E-state index contributed by atoms with van der Waals surface area (Å²) in [5.41, 5.74) is 1.07. The van der Waals surface area contributed by atoms with E-state index < -0.39 is 0 Å². The molecule has 0 fully saturated rings. The smallest absolute Gasteiger partial charge is 0.217 e. The van der Waals surface area contributed by atoms with E-state index in [1.807, 2.05) is 12.1 Å². The van der Waals surface area contributed by atoms with Crippen LogP contribution in [0, 0.1) is 17.2 Å². The molecule has 0 bridgehead atoms. The van der Waals surface area contributed by atoms with Crippen molar-refractivity contribution in [2.45, 2.75) is 26.8 Å². The van der Waals surface area contributed by atoms with Gasteiger partial charge in [-0.2, -0.15) is 5.26 Å². The molecule has 0 spiro atoms. The van der Waals surface area contributed by atoms with E-state index in [0.717, 1.165) is 25.2 Å². The molecule has 0 saturated heterocycles. The maximum absolute atomic E-state index is 8.70. The number of ether oxygens (including phenoxy) is 1. The van der Waals surface area contributed by atoms with Gasteiger partial charge in [0, 0.05) is 37.8 Å². The molecule has 4 heteroatoms. The Kier molecular flexibility index (Phi) is 6.16. The standard InChI is InChI=1S/C14H21N3O/c1-12(2)10-17(9-5-7-15)11-13-6-4-8-16-14(13)18-3/h4,6,8,12H,5,9-11H2,1-3H3. The van der Waals surface area contributed by atoms with E-state index in [1.54, 1.807) is 13.3 Å². The molecule has 1 aromatic rings. The molecule has 0 aliphatic carbocycles. The summed E-state index contributed by atoms with van der Waals surface area (Å²) >= 11 is 0. The Morgan fingerprint density at radius 3 is 2.89 bits per heavy atom. The Bertz CT molecular complexity index is 398. The lowest BCUT2D eigenvalue weighted by Gasteiger charge is -2.23. The predicted octanol–water partition coefficient (Wildman–Crippen LogP) is 2.46. The van der Waals surface area contributed by atoms with Crippen molar-refractivity contribution in [3.05, 3.63) is 23.9 Å². The topological polar surface area (TPSA) is 49.1 Å². The Labute approximate surface area is 109 Å². The van der Waals surface area contributed by atoms with Crippen LogP contribution in [0.4, 0.5) is 0 Å². The first kappa shape index (κ1) is 14.5. The van der Waals surface area contributed by atoms with Crippen LogP contribution in [0.5, 0.6) is 5.88 Å². The molecule has 1 rings (SSSR count). The second-order valence-corrected chi connectivity index (χ2v) is 4.71. The second-order valence-electron chi connectivity index (χ2n) is 4.71. The lowest BCUT2D eigenvalue weighted by molar-refractivity contribution is 0.237. The summed E-state index contributed by atoms with van der Waals surface area (Å²) in [5, 5.41) is 8.70. The maximum Gasteiger partial charge on any atom is 0.217 e. The summed E-state index contributed by atoms with van der Waals surface area (Å²) in [6.07, 6.45) is 2.28. The van der Waals surface area contributed by atoms with Crippen molar-refractivity contribution in [1.82, 2.24) is 9.88 Å². The van der Waals surface area contributed by atoms with Gasteiger partial charge in [-0.1, -0.05) is 19.9 Å². The van der Waals surface area contributed by atoms with Gasteiger partial charge in [-0.05, 0) is 12.0 Å². The lowest BCUT2D eigenvalue weighted by atomic mass is 10.1. The van der Waals surface area contributed by atoms with E-state index in [1.165, 1.54) is 0 Å². The zero-order valence-electron chi connectivity index (χ0n) is 11.4. The summed E-state index contributed by atoms with van der Waals surface area (Å²) in [4.78, 5) is 6.47. The number of pyridine rings is 1. The number of hydrogen-bond acceptors (Lipinski definition) is 4. The molecule has 0 amide bonds. The van der Waals surface area contributed by atoms with Crippen LogP contribution < -0.4 is 4.74 Å². The fourth-order valence-electron chi connectivity index (χ4n) is 1.93. The predicted molar refractivity (Wildman–Crippen MR) is 71.1 cm³/mol. The fourth-order valence-corrected chi connectivity index (χ4v) is 1.93. The molecule has 1 heterocycles. The largest absolute Gasteiger partial charge is 0.481 e. The SMILES string of the molecule is COc1ncccc1CN(CCC#N)CC(C)C. The van der Waals surface area contributed by atoms with Crippen LogP contribution in [-0.2, 0) is 6.54 Å². The van der Waals surface area contributed by atoms with E-state index in [4.69, 9.17) is 10.00 Å². The number of nitriles is 1. The molecule has 18 heavy (non-hydrogen) atoms. The van der Waals surface area contributed by atoms with Crippen LogP contribution in [0.25, 0.3) is 0 Å². The third-order valence-corrected chi connectivity index (χ3v) is 2.60. The van der Waals surface area contributed by atoms with E-state index in [-0.39, 0.29) is 0 Å². The van der Waals surface area contributed by atoms with Crippen LogP contribution in [0.3, 0.4) is 0 Å². The molecule has 0 aliphatic rings. The van der Waals surface area contributed by atoms with Crippen molar-refractivity contribution in [3.63, 3.8) is 0 Å². The zero-order valence-corrected chi connectivity index (χ0v) is 11.4. The van der Waals surface area contributed by atoms with Crippen molar-refractivity contribution in [3.8, 4) is 11.9 Å². The number of rotatable bonds is 7. The summed E-state index contributed by atoms with van der Waals surface area (Å²) in [6, 6.07) is 6.13. The van der Waals surface area contributed by atoms with Crippen molar-refractivity contribution in [1.29, 1.82) is 5.26 Å². The molecule has 0 N–H and O–H groups in total. The molecule has 0 saturated carbocycles. The summed E-state index contributed by atoms with van der Waals surface area (Å²) < 4.78 is 5.25. The average molecular weight is 247 g/mol. The minimum absolute atomic E-state index is 0.551. The summed E-state index contributed by atoms with van der Waals surface area (Å²) in [7, 11) is 1.63. The van der Waals surface area contributed by atoms with Gasteiger partial charge in [-0.3, -0.25) is 4.90 Å². The van der Waals surface area contributed by atoms with Gasteiger partial charge in [-0.25, -0.2) is 4.98 Å². The number of methoxy groups -OCH3 is 1. The third kappa shape index (κ3) is 4.72. The van der Waals surface area contributed by atoms with Gasteiger partial charge in [0.25, 0.3) is 0 Å². The Morgan fingerprint density at radius 1 is 1.50 bits per heavy atom. The molecule has 0 aliphatic heterocycles. The highest BCUT2D eigenvalue weighted by atomic mass is 16.5. The average Bonchev–Trinajstić information content (AvgIpc) is 2.36. The Hall–Kier alpha value is -1.60. The highest BCUT2D eigenvalue weighted by Crippen LogP contribution is 2.16. The first-order valence-corrected chi connectivity index (χ1v) is 6.24. The van der Waals surface area contributed by atoms with Gasteiger partial charge in [0.15, 0.2) is 0 Å². The van der Waals surface area contributed by atoms with E-state index in [9.17, 15) is 0 Å². The Balaban J connectivity index is 2.72. The van der Waals surface area contributed by atoms with Crippen molar-refractivity contribution >= 4 is 0 Å². The van der Waals surface area contributed by atoms with Gasteiger partial charge in [0.1, 0.15) is 0 Å². The quantitative estimate of drug-likeness (QED) is 0.742. The van der Waals surface area contributed by atoms with E-state index >= 15 is 0 Å². The second kappa shape index (κ2) is 7.67. The number of aromatic nitrogens is 1. The van der Waals surface area contributed by atoms with Crippen LogP contribution in [0.15, 0.2) is 18.3 Å². The molecule has 0 unspecified atom stereocenters. The minimum Gasteiger partial charge on any atom is -0.481 e. The fraction of sp³-hybridized carbons (Fsp3) is 0.571. The van der Waals surface area contributed by atoms with Crippen molar-refractivity contribution in [2.75, 3.05) is 20.2 Å². The van der Waals surface area contributed by atoms with Crippen LogP contribution in [0.2, 0.25) is 0 Å². The van der Waals surface area contributed by atoms with Crippen molar-refractivity contribution < 1.29 is 4.74 Å². The normalized spacial score (nSPS) is 10.7. The van der Waals surface area contributed by atoms with Gasteiger partial charge < -0.3 is 4.74 Å². The highest BCUT2D eigenvalue weighted by Gasteiger charge is 2.11. The molecule has 98 valence electrons. The van der Waals surface area contributed by atoms with Crippen LogP contribution >= 0.6 is 0 Å². The first-order valence-electron chi connectivity index (χ1n) is 6.24. The maximum atomic E-state index is 8.70. The molecule has 0 aromatic carbocycles. The first-order chi connectivity index (χ1) is 8.67. The molecular weight excluding hydrogens is 226 g/mol. The summed E-state index contributed by atoms with van der Waals surface area (Å²) in [5.74, 6) is 1.24. The van der Waals surface area contributed by atoms with Gasteiger partial charge in [0.05, 0.1) is 13.2 Å². The molecule has 0 radical (unpaired) electrons. The molecule has 1 aromatic heterocycles. The van der Waals surface area contributed by atoms with E-state index in [2.05, 4.69) is 29.8 Å². The van der Waals surface area contributed by atoms with E-state index in [0.29, 0.717) is 18.2 Å². The highest BCUT2D eigenvalue weighted by molar-refractivity contribution is 5.25. The molecule has 4 nitrogen and oxygen atoms in total. The Morgan fingerprint density at radius 2 is 2.28 bits per heavy atom. The van der Waals surface area contributed by atoms with Crippen LogP contribution in [-0.4, -0.2) is 30.1 Å². The molecule has 0 atom stereocenters. The lowest BCUT2D eigenvalue weighted by Crippen LogP contribution is -2.28. The number of nitrogens with zero attached hydrogens (tertiary/aromatic N) is 3. The third-order valence-electron chi connectivity index (χ3n) is 2.60. The number of hydrogen-bond donors (Lipinski definition) is 0. The van der Waals surface area contributed by atoms with Crippen LogP contribution in [0.1, 0.15) is 25.8 Å². The van der Waals surface area contributed by atoms with Gasteiger partial charge >= 0.3 is 0 Å². The zero-order chi connectivity index (χ0) is 13.4. The molecular formula is C14H21N3O. The summed E-state index contributed by atoms with van der Waals surface area (Å²) in [6.45, 7) is 6.89. The van der Waals surface area contributed by atoms with Crippen molar-refractivity contribution in [2.24, 2.45) is 5.92 Å². The minimum atomic E-state index is 0.551.